The van der Waals surface area contributed by atoms with E-state index in [0.717, 1.165) is 0 Å². The summed E-state index contributed by atoms with van der Waals surface area (Å²) in [5.41, 5.74) is 4.75. The second-order valence-electron chi connectivity index (χ2n) is 6.48. The van der Waals surface area contributed by atoms with E-state index in [1.54, 1.807) is 0 Å². The van der Waals surface area contributed by atoms with Gasteiger partial charge in [0.25, 0.3) is 0 Å². The minimum atomic E-state index is 1.18. The molecule has 2 N–H and O–H groups in total. The van der Waals surface area contributed by atoms with Gasteiger partial charge in [0.1, 0.15) is 0 Å². The molecule has 2 aromatic heterocycles. The lowest BCUT2D eigenvalue weighted by Gasteiger charge is -1.98. The molecule has 0 amide bonds. The average Bonchev–Trinajstić information content (AvgIpc) is 3.14. The molecule has 0 aliphatic heterocycles. The number of aromatic amines is 2. The van der Waals surface area contributed by atoms with Gasteiger partial charge in [0.05, 0.1) is 0 Å². The Bertz CT molecular complexity index is 1390. The van der Waals surface area contributed by atoms with Gasteiger partial charge in [0.2, 0.25) is 0 Å². The number of aromatic nitrogens is 2. The van der Waals surface area contributed by atoms with Crippen LogP contribution in [0.15, 0.2) is 72.8 Å². The summed E-state index contributed by atoms with van der Waals surface area (Å²) < 4.78 is 0. The van der Waals surface area contributed by atoms with Gasteiger partial charge in [-0.25, -0.2) is 0 Å². The van der Waals surface area contributed by atoms with Gasteiger partial charge >= 0.3 is 0 Å². The molecule has 0 aliphatic carbocycles. The van der Waals surface area contributed by atoms with Crippen molar-refractivity contribution in [3.8, 4) is 0 Å². The number of nitrogens with one attached hydrogen (secondary N) is 2. The Morgan fingerprint density at radius 3 is 1.88 bits per heavy atom. The van der Waals surface area contributed by atoms with Crippen LogP contribution in [0.3, 0.4) is 0 Å². The molecule has 6 rings (SSSR count). The quantitative estimate of drug-likeness (QED) is 0.339. The largest absolute Gasteiger partial charge is 0.354 e. The average molecular weight is 306 g/mol. The molecule has 0 fully saturated rings. The van der Waals surface area contributed by atoms with Crippen LogP contribution in [0.4, 0.5) is 0 Å². The second kappa shape index (κ2) is 4.18. The zero-order valence-electron chi connectivity index (χ0n) is 12.9. The standard InChI is InChI=1S/C22H14N2/c1-2-6-14-10-20-16(9-13(14)5-1)18-11-17-15-7-3-4-8-19(15)23-21(17)12-22(18)24-20/h1-12,23-24H. The SMILES string of the molecule is c1ccc2cc3c(cc2c1)[nH]c1cc2[nH]c4ccccc4c2cc13. The molecule has 0 radical (unpaired) electrons. The van der Waals surface area contributed by atoms with Gasteiger partial charge in [-0.2, -0.15) is 0 Å². The van der Waals surface area contributed by atoms with Crippen LogP contribution in [0.5, 0.6) is 0 Å². The molecule has 4 aromatic carbocycles. The maximum absolute atomic E-state index is 3.59. The molecule has 6 aromatic rings. The first-order valence-electron chi connectivity index (χ1n) is 8.21. The fourth-order valence-electron chi connectivity index (χ4n) is 3.94. The molecular weight excluding hydrogens is 292 g/mol. The third-order valence-electron chi connectivity index (χ3n) is 5.09. The molecule has 0 bridgehead atoms. The highest BCUT2D eigenvalue weighted by Crippen LogP contribution is 2.34. The van der Waals surface area contributed by atoms with Gasteiger partial charge in [-0.15, -0.1) is 0 Å². The third-order valence-corrected chi connectivity index (χ3v) is 5.09. The molecule has 2 heteroatoms. The smallest absolute Gasteiger partial charge is 0.0486 e. The summed E-state index contributed by atoms with van der Waals surface area (Å²) in [7, 11) is 0. The predicted octanol–water partition coefficient (Wildman–Crippen LogP) is 6.11. The van der Waals surface area contributed by atoms with E-state index in [1.807, 2.05) is 0 Å². The molecule has 112 valence electrons. The van der Waals surface area contributed by atoms with Crippen LogP contribution < -0.4 is 0 Å². The topological polar surface area (TPSA) is 31.6 Å². The summed E-state index contributed by atoms with van der Waals surface area (Å²) in [4.78, 5) is 7.11. The van der Waals surface area contributed by atoms with Crippen LogP contribution in [0.1, 0.15) is 0 Å². The minimum Gasteiger partial charge on any atom is -0.354 e. The van der Waals surface area contributed by atoms with E-state index < -0.39 is 0 Å². The van der Waals surface area contributed by atoms with E-state index in [2.05, 4.69) is 82.8 Å². The molecule has 0 aliphatic rings. The van der Waals surface area contributed by atoms with Crippen molar-refractivity contribution in [1.82, 2.24) is 9.97 Å². The van der Waals surface area contributed by atoms with Crippen LogP contribution in [0.25, 0.3) is 54.4 Å². The Morgan fingerprint density at radius 1 is 0.417 bits per heavy atom. The first-order chi connectivity index (χ1) is 11.9. The highest BCUT2D eigenvalue weighted by atomic mass is 14.7. The summed E-state index contributed by atoms with van der Waals surface area (Å²) in [5.74, 6) is 0. The van der Waals surface area contributed by atoms with Crippen LogP contribution in [-0.4, -0.2) is 9.97 Å². The molecule has 0 unspecified atom stereocenters. The van der Waals surface area contributed by atoms with E-state index in [1.165, 1.54) is 54.4 Å². The summed E-state index contributed by atoms with van der Waals surface area (Å²) in [5, 5.41) is 7.69. The van der Waals surface area contributed by atoms with Gasteiger partial charge in [0, 0.05) is 43.6 Å². The highest BCUT2D eigenvalue weighted by Gasteiger charge is 2.10. The first kappa shape index (κ1) is 12.2. The number of para-hydroxylation sites is 1. The minimum absolute atomic E-state index is 1.18. The van der Waals surface area contributed by atoms with Crippen molar-refractivity contribution in [2.45, 2.75) is 0 Å². The molecule has 2 heterocycles. The van der Waals surface area contributed by atoms with Crippen molar-refractivity contribution in [1.29, 1.82) is 0 Å². The zero-order valence-corrected chi connectivity index (χ0v) is 12.9. The molecule has 0 saturated heterocycles. The maximum Gasteiger partial charge on any atom is 0.0486 e. The Balaban J connectivity index is 1.82. The van der Waals surface area contributed by atoms with Crippen LogP contribution in [0.2, 0.25) is 0 Å². The predicted molar refractivity (Wildman–Crippen MR) is 103 cm³/mol. The van der Waals surface area contributed by atoms with E-state index in [9.17, 15) is 0 Å². The molecule has 24 heavy (non-hydrogen) atoms. The Hall–Kier alpha value is -3.26. The second-order valence-corrected chi connectivity index (χ2v) is 6.48. The summed E-state index contributed by atoms with van der Waals surface area (Å²) in [6.45, 7) is 0. The Morgan fingerprint density at radius 2 is 1.00 bits per heavy atom. The lowest BCUT2D eigenvalue weighted by Crippen LogP contribution is -1.73. The van der Waals surface area contributed by atoms with E-state index >= 15 is 0 Å². The number of hydrogen-bond donors (Lipinski definition) is 2. The van der Waals surface area contributed by atoms with Crippen LogP contribution in [-0.2, 0) is 0 Å². The third kappa shape index (κ3) is 1.50. The monoisotopic (exact) mass is 306 g/mol. The molecule has 0 saturated carbocycles. The van der Waals surface area contributed by atoms with E-state index in [-0.39, 0.29) is 0 Å². The highest BCUT2D eigenvalue weighted by molar-refractivity contribution is 6.18. The molecule has 0 spiro atoms. The molecule has 2 nitrogen and oxygen atoms in total. The number of hydrogen-bond acceptors (Lipinski definition) is 0. The Labute approximate surface area is 137 Å². The fraction of sp³-hybridized carbons (Fsp3) is 0. The van der Waals surface area contributed by atoms with Crippen molar-refractivity contribution < 1.29 is 0 Å². The van der Waals surface area contributed by atoms with E-state index in [0.29, 0.717) is 0 Å². The van der Waals surface area contributed by atoms with E-state index in [4.69, 9.17) is 0 Å². The normalized spacial score (nSPS) is 12.2. The van der Waals surface area contributed by atoms with Gasteiger partial charge < -0.3 is 9.97 Å². The fourth-order valence-corrected chi connectivity index (χ4v) is 3.94. The van der Waals surface area contributed by atoms with Crippen molar-refractivity contribution in [3.05, 3.63) is 72.8 Å². The summed E-state index contributed by atoms with van der Waals surface area (Å²) >= 11 is 0. The van der Waals surface area contributed by atoms with Gasteiger partial charge in [-0.3, -0.25) is 0 Å². The van der Waals surface area contributed by atoms with Crippen LogP contribution >= 0.6 is 0 Å². The maximum atomic E-state index is 3.59. The lowest BCUT2D eigenvalue weighted by molar-refractivity contribution is 1.53. The van der Waals surface area contributed by atoms with Crippen molar-refractivity contribution in [2.75, 3.05) is 0 Å². The summed E-state index contributed by atoms with van der Waals surface area (Å²) in [6.07, 6.45) is 0. The number of benzene rings is 4. The Kier molecular flexibility index (Phi) is 2.12. The lowest BCUT2D eigenvalue weighted by atomic mass is 10.0. The van der Waals surface area contributed by atoms with Gasteiger partial charge in [-0.1, -0.05) is 42.5 Å². The van der Waals surface area contributed by atoms with Crippen molar-refractivity contribution >= 4 is 54.4 Å². The summed E-state index contributed by atoms with van der Waals surface area (Å²) in [6, 6.07) is 26.1. The van der Waals surface area contributed by atoms with Gasteiger partial charge in [-0.05, 0) is 41.1 Å². The first-order valence-corrected chi connectivity index (χ1v) is 8.21. The van der Waals surface area contributed by atoms with Crippen molar-refractivity contribution in [2.24, 2.45) is 0 Å². The number of rotatable bonds is 0. The number of fused-ring (bicyclic) bond motifs is 7. The van der Waals surface area contributed by atoms with Crippen molar-refractivity contribution in [3.63, 3.8) is 0 Å². The van der Waals surface area contributed by atoms with Gasteiger partial charge in [0.15, 0.2) is 0 Å². The number of H-pyrrole nitrogens is 2. The molecule has 0 atom stereocenters. The molecular formula is C22H14N2. The zero-order chi connectivity index (χ0) is 15.7. The van der Waals surface area contributed by atoms with Crippen LogP contribution in [0, 0.1) is 0 Å².